The number of Topliss-reactive ketones (excluding diaryl/α,β-unsaturated/α-hetero) is 1. The summed E-state index contributed by atoms with van der Waals surface area (Å²) >= 11 is 0. The second kappa shape index (κ2) is 12.1. The molecule has 2 unspecified atom stereocenters. The van der Waals surface area contributed by atoms with Gasteiger partial charge in [0.05, 0.1) is 24.8 Å². The second-order valence-corrected chi connectivity index (χ2v) is 8.44. The Morgan fingerprint density at radius 2 is 1.62 bits per heavy atom. The summed E-state index contributed by atoms with van der Waals surface area (Å²) < 4.78 is 9.93. The van der Waals surface area contributed by atoms with Crippen molar-refractivity contribution in [2.75, 3.05) is 25.6 Å². The molecule has 3 N–H and O–H groups in total. The average Bonchev–Trinajstić information content (AvgIpc) is 3.11. The minimum absolute atomic E-state index is 0.000872. The van der Waals surface area contributed by atoms with Crippen LogP contribution < -0.4 is 10.1 Å². The number of ketones is 1. The molecule has 14 heteroatoms. The van der Waals surface area contributed by atoms with Gasteiger partial charge in [0.2, 0.25) is 0 Å². The molecule has 2 aromatic rings. The summed E-state index contributed by atoms with van der Waals surface area (Å²) in [5.74, 6) is -8.13. The highest BCUT2D eigenvalue weighted by molar-refractivity contribution is 6.24. The summed E-state index contributed by atoms with van der Waals surface area (Å²) in [5, 5.41) is 21.5. The van der Waals surface area contributed by atoms with E-state index in [9.17, 15) is 43.8 Å². The van der Waals surface area contributed by atoms with Crippen molar-refractivity contribution in [3.63, 3.8) is 0 Å². The van der Waals surface area contributed by atoms with Crippen LogP contribution in [0.2, 0.25) is 0 Å². The van der Waals surface area contributed by atoms with Gasteiger partial charge in [-0.05, 0) is 38.1 Å². The lowest BCUT2D eigenvalue weighted by molar-refractivity contribution is -0.144. The number of para-hydroxylation sites is 1. The molecule has 1 fully saturated rings. The van der Waals surface area contributed by atoms with Crippen molar-refractivity contribution in [3.05, 3.63) is 59.2 Å². The first-order valence-electron chi connectivity index (χ1n) is 11.8. The van der Waals surface area contributed by atoms with Gasteiger partial charge in [-0.2, -0.15) is 0 Å². The molecule has 2 atom stereocenters. The molecule has 1 heterocycles. The van der Waals surface area contributed by atoms with Crippen LogP contribution in [0.3, 0.4) is 0 Å². The number of carboxylic acids is 2. The number of carbonyl (C=O) groups excluding carboxylic acids is 5. The zero-order valence-electron chi connectivity index (χ0n) is 21.6. The Bertz CT molecular complexity index is 1390. The number of hydrogen-bond acceptors (Lipinski definition) is 9. The zero-order chi connectivity index (χ0) is 29.7. The van der Waals surface area contributed by atoms with Crippen molar-refractivity contribution in [3.8, 4) is 5.75 Å². The Morgan fingerprint density at radius 3 is 2.17 bits per heavy atom. The Labute approximate surface area is 227 Å². The molecule has 0 aromatic heterocycles. The third kappa shape index (κ3) is 5.75. The minimum Gasteiger partial charge on any atom is -0.495 e. The standard InChI is InChI=1S/C26H25N3O11/c1-4-40-18(30)12-28-13(2)23(33)29(26(28)38)19(22(32)27-15-8-6-5-7-9-15)20(31)16-10-14(24(34)35)11-17(25(36)37)21(16)39-3/h5-11,13,19H,4,12H2,1-3H3,(H,27,32)(H,34,35)(H,36,37). The van der Waals surface area contributed by atoms with E-state index in [0.717, 1.165) is 24.1 Å². The van der Waals surface area contributed by atoms with E-state index >= 15 is 0 Å². The maximum atomic E-state index is 13.9. The number of rotatable bonds is 11. The van der Waals surface area contributed by atoms with Crippen LogP contribution in [0, 0.1) is 0 Å². The summed E-state index contributed by atoms with van der Waals surface area (Å²) in [6, 6.07) is 4.58. The molecule has 1 saturated heterocycles. The maximum Gasteiger partial charge on any atom is 0.339 e. The number of imide groups is 1. The summed E-state index contributed by atoms with van der Waals surface area (Å²) in [5.41, 5.74) is -1.81. The second-order valence-electron chi connectivity index (χ2n) is 8.44. The maximum absolute atomic E-state index is 13.9. The SMILES string of the molecule is CCOC(=O)CN1C(=O)N(C(C(=O)Nc2ccccc2)C(=O)c2cc(C(=O)O)cc(C(=O)O)c2OC)C(=O)C1C. The molecular weight excluding hydrogens is 530 g/mol. The van der Waals surface area contributed by atoms with Crippen LogP contribution in [0.5, 0.6) is 5.75 Å². The number of urea groups is 1. The molecule has 40 heavy (non-hydrogen) atoms. The Balaban J connectivity index is 2.18. The number of hydrogen-bond donors (Lipinski definition) is 3. The number of nitrogens with zero attached hydrogens (tertiary/aromatic N) is 2. The lowest BCUT2D eigenvalue weighted by Crippen LogP contribution is -2.53. The van der Waals surface area contributed by atoms with E-state index < -0.39 is 82.6 Å². The lowest BCUT2D eigenvalue weighted by atomic mass is 9.95. The van der Waals surface area contributed by atoms with Gasteiger partial charge in [-0.15, -0.1) is 0 Å². The van der Waals surface area contributed by atoms with E-state index in [1.807, 2.05) is 0 Å². The van der Waals surface area contributed by atoms with Gasteiger partial charge in [-0.1, -0.05) is 18.2 Å². The number of methoxy groups -OCH3 is 1. The first-order chi connectivity index (χ1) is 18.9. The molecule has 2 aromatic carbocycles. The predicted octanol–water partition coefficient (Wildman–Crippen LogP) is 1.50. The first kappa shape index (κ1) is 29.3. The molecular formula is C26H25N3O11. The van der Waals surface area contributed by atoms with Gasteiger partial charge in [0.25, 0.3) is 11.8 Å². The van der Waals surface area contributed by atoms with Crippen LogP contribution in [-0.4, -0.2) is 93.9 Å². The van der Waals surface area contributed by atoms with Crippen LogP contribution in [-0.2, 0) is 19.1 Å². The van der Waals surface area contributed by atoms with Crippen molar-refractivity contribution < 1.29 is 53.2 Å². The van der Waals surface area contributed by atoms with Crippen LogP contribution in [0.25, 0.3) is 0 Å². The predicted molar refractivity (Wildman–Crippen MR) is 135 cm³/mol. The average molecular weight is 555 g/mol. The van der Waals surface area contributed by atoms with E-state index in [1.54, 1.807) is 18.2 Å². The number of benzene rings is 2. The Kier molecular flexibility index (Phi) is 8.83. The molecule has 1 aliphatic rings. The zero-order valence-corrected chi connectivity index (χ0v) is 21.6. The van der Waals surface area contributed by atoms with Crippen molar-refractivity contribution in [2.45, 2.75) is 25.9 Å². The number of amides is 4. The van der Waals surface area contributed by atoms with Crippen molar-refractivity contribution in [1.29, 1.82) is 0 Å². The summed E-state index contributed by atoms with van der Waals surface area (Å²) in [6.45, 7) is 2.17. The fourth-order valence-corrected chi connectivity index (χ4v) is 4.07. The van der Waals surface area contributed by atoms with Crippen molar-refractivity contribution in [1.82, 2.24) is 9.80 Å². The molecule has 3 rings (SSSR count). The highest BCUT2D eigenvalue weighted by Crippen LogP contribution is 2.31. The van der Waals surface area contributed by atoms with Crippen molar-refractivity contribution >= 4 is 47.2 Å². The number of nitrogens with one attached hydrogen (secondary N) is 1. The number of ether oxygens (including phenoxy) is 2. The molecule has 0 aliphatic carbocycles. The minimum atomic E-state index is -2.24. The molecule has 0 radical (unpaired) electrons. The van der Waals surface area contributed by atoms with Gasteiger partial charge >= 0.3 is 23.9 Å². The highest BCUT2D eigenvalue weighted by atomic mass is 16.5. The van der Waals surface area contributed by atoms with Crippen LogP contribution in [0.4, 0.5) is 10.5 Å². The van der Waals surface area contributed by atoms with Gasteiger partial charge in [0.15, 0.2) is 11.8 Å². The topological polar surface area (TPSA) is 197 Å². The first-order valence-corrected chi connectivity index (χ1v) is 11.8. The van der Waals surface area contributed by atoms with E-state index in [1.165, 1.54) is 26.0 Å². The molecule has 0 bridgehead atoms. The largest absolute Gasteiger partial charge is 0.495 e. The summed E-state index contributed by atoms with van der Waals surface area (Å²) in [7, 11) is 1.02. The fourth-order valence-electron chi connectivity index (χ4n) is 4.07. The third-order valence-corrected chi connectivity index (χ3v) is 5.95. The van der Waals surface area contributed by atoms with Gasteiger partial charge in [-0.25, -0.2) is 19.3 Å². The van der Waals surface area contributed by atoms with E-state index in [2.05, 4.69) is 5.32 Å². The number of esters is 1. The monoisotopic (exact) mass is 555 g/mol. The van der Waals surface area contributed by atoms with E-state index in [4.69, 9.17) is 9.47 Å². The molecule has 210 valence electrons. The van der Waals surface area contributed by atoms with Gasteiger partial charge in [0, 0.05) is 5.69 Å². The van der Waals surface area contributed by atoms with Crippen LogP contribution in [0.15, 0.2) is 42.5 Å². The fraction of sp³-hybridized carbons (Fsp3) is 0.269. The third-order valence-electron chi connectivity index (χ3n) is 5.95. The number of anilines is 1. The quantitative estimate of drug-likeness (QED) is 0.157. The summed E-state index contributed by atoms with van der Waals surface area (Å²) in [6.07, 6.45) is 0. The molecule has 1 aliphatic heterocycles. The highest BCUT2D eigenvalue weighted by Gasteiger charge is 2.51. The number of aromatic carboxylic acids is 2. The molecule has 14 nitrogen and oxygen atoms in total. The van der Waals surface area contributed by atoms with Crippen LogP contribution in [0.1, 0.15) is 44.9 Å². The number of carbonyl (C=O) groups is 7. The van der Waals surface area contributed by atoms with Gasteiger partial charge in [0.1, 0.15) is 23.9 Å². The normalized spacial score (nSPS) is 15.4. The Morgan fingerprint density at radius 1 is 1.00 bits per heavy atom. The Hall–Kier alpha value is -5.27. The summed E-state index contributed by atoms with van der Waals surface area (Å²) in [4.78, 5) is 90.9. The lowest BCUT2D eigenvalue weighted by Gasteiger charge is -2.25. The van der Waals surface area contributed by atoms with Gasteiger partial charge in [-0.3, -0.25) is 19.2 Å². The molecule has 4 amide bonds. The van der Waals surface area contributed by atoms with Gasteiger partial charge < -0.3 is 29.9 Å². The van der Waals surface area contributed by atoms with Crippen molar-refractivity contribution in [2.24, 2.45) is 0 Å². The molecule has 0 saturated carbocycles. The smallest absolute Gasteiger partial charge is 0.339 e. The number of carboxylic acid groups (broad SMARTS) is 2. The van der Waals surface area contributed by atoms with E-state index in [0.29, 0.717) is 4.90 Å². The molecule has 0 spiro atoms. The van der Waals surface area contributed by atoms with E-state index in [-0.39, 0.29) is 12.3 Å². The van der Waals surface area contributed by atoms with Crippen LogP contribution >= 0.6 is 0 Å².